The van der Waals surface area contributed by atoms with Gasteiger partial charge >= 0.3 is 5.97 Å². The Morgan fingerprint density at radius 3 is 2.57 bits per heavy atom. The molecule has 0 saturated carbocycles. The molecular weight excluding hydrogens is 508 g/mol. The number of nitrogens with zero attached hydrogens (tertiary/aromatic N) is 3. The average molecular weight is 537 g/mol. The number of rotatable bonds is 10. The molecule has 2 aromatic carbocycles. The third-order valence-electron chi connectivity index (χ3n) is 5.81. The van der Waals surface area contributed by atoms with Gasteiger partial charge in [-0.25, -0.2) is 4.79 Å². The second kappa shape index (κ2) is 12.1. The summed E-state index contributed by atoms with van der Waals surface area (Å²) in [5.74, 6) is 0.810. The lowest BCUT2D eigenvalue weighted by Crippen LogP contribution is -2.16. The first-order valence-corrected chi connectivity index (χ1v) is 13.6. The number of thiophene rings is 1. The van der Waals surface area contributed by atoms with Crippen LogP contribution in [0.5, 0.6) is 5.75 Å². The van der Waals surface area contributed by atoms with Gasteiger partial charge in [0.15, 0.2) is 11.0 Å². The van der Waals surface area contributed by atoms with Crippen molar-refractivity contribution < 1.29 is 19.1 Å². The van der Waals surface area contributed by atoms with Crippen LogP contribution in [-0.2, 0) is 22.7 Å². The lowest BCUT2D eigenvalue weighted by molar-refractivity contribution is -0.113. The highest BCUT2D eigenvalue weighted by atomic mass is 32.2. The Labute approximate surface area is 224 Å². The highest BCUT2D eigenvalue weighted by molar-refractivity contribution is 7.99. The van der Waals surface area contributed by atoms with Crippen molar-refractivity contribution >= 4 is 40.0 Å². The number of hydrogen-bond donors (Lipinski definition) is 1. The van der Waals surface area contributed by atoms with Gasteiger partial charge in [-0.3, -0.25) is 4.79 Å². The second-order valence-electron chi connectivity index (χ2n) is 8.23. The van der Waals surface area contributed by atoms with E-state index in [1.807, 2.05) is 72.3 Å². The van der Waals surface area contributed by atoms with E-state index in [1.54, 1.807) is 0 Å². The van der Waals surface area contributed by atoms with Gasteiger partial charge in [0, 0.05) is 17.5 Å². The summed E-state index contributed by atoms with van der Waals surface area (Å²) in [5, 5.41) is 14.3. The van der Waals surface area contributed by atoms with Gasteiger partial charge in [-0.05, 0) is 49.6 Å². The summed E-state index contributed by atoms with van der Waals surface area (Å²) < 4.78 is 12.8. The highest BCUT2D eigenvalue weighted by Crippen LogP contribution is 2.36. The van der Waals surface area contributed by atoms with Gasteiger partial charge in [0.05, 0.1) is 12.9 Å². The molecule has 37 heavy (non-hydrogen) atoms. The number of anilines is 1. The topological polar surface area (TPSA) is 95.3 Å². The minimum absolute atomic E-state index is 0.106. The van der Waals surface area contributed by atoms with E-state index in [9.17, 15) is 9.59 Å². The lowest BCUT2D eigenvalue weighted by Gasteiger charge is -2.10. The summed E-state index contributed by atoms with van der Waals surface area (Å²) in [7, 11) is 1.33. The number of carbonyl (C=O) groups is 2. The van der Waals surface area contributed by atoms with Gasteiger partial charge in [-0.15, -0.1) is 21.5 Å². The Bertz CT molecular complexity index is 1400. The Balaban J connectivity index is 1.41. The van der Waals surface area contributed by atoms with Crippen molar-refractivity contribution in [2.24, 2.45) is 0 Å². The zero-order valence-corrected chi connectivity index (χ0v) is 22.7. The maximum absolute atomic E-state index is 12.8. The first kappa shape index (κ1) is 26.4. The predicted octanol–water partition coefficient (Wildman–Crippen LogP) is 5.74. The largest absolute Gasteiger partial charge is 0.486 e. The summed E-state index contributed by atoms with van der Waals surface area (Å²) in [6.07, 6.45) is 0. The SMILES string of the molecule is CCn1c(COc2ccc(C)c(C)c2)nnc1SCC(=O)Nc1scc(-c2ccccc2)c1C(=O)OC. The normalized spacial score (nSPS) is 10.8. The van der Waals surface area contributed by atoms with E-state index in [0.29, 0.717) is 28.1 Å². The minimum Gasteiger partial charge on any atom is -0.486 e. The molecule has 0 bridgehead atoms. The summed E-state index contributed by atoms with van der Waals surface area (Å²) >= 11 is 2.57. The van der Waals surface area contributed by atoms with Crippen molar-refractivity contribution in [3.8, 4) is 16.9 Å². The molecule has 0 fully saturated rings. The summed E-state index contributed by atoms with van der Waals surface area (Å²) in [6.45, 7) is 7.01. The average Bonchev–Trinajstić information content (AvgIpc) is 3.51. The number of aromatic nitrogens is 3. The van der Waals surface area contributed by atoms with Crippen molar-refractivity contribution in [3.05, 3.63) is 76.4 Å². The van der Waals surface area contributed by atoms with Crippen LogP contribution in [0, 0.1) is 13.8 Å². The first-order chi connectivity index (χ1) is 17.9. The van der Waals surface area contributed by atoms with Gasteiger partial charge in [-0.2, -0.15) is 0 Å². The monoisotopic (exact) mass is 536 g/mol. The van der Waals surface area contributed by atoms with Crippen LogP contribution < -0.4 is 10.1 Å². The quantitative estimate of drug-likeness (QED) is 0.204. The summed E-state index contributed by atoms with van der Waals surface area (Å²) in [5.41, 5.74) is 4.31. The molecule has 4 aromatic rings. The first-order valence-electron chi connectivity index (χ1n) is 11.7. The Morgan fingerprint density at radius 2 is 1.86 bits per heavy atom. The van der Waals surface area contributed by atoms with E-state index in [4.69, 9.17) is 9.47 Å². The number of ether oxygens (including phenoxy) is 2. The van der Waals surface area contributed by atoms with Crippen LogP contribution in [0.3, 0.4) is 0 Å². The smallest absolute Gasteiger partial charge is 0.341 e. The molecule has 1 N–H and O–H groups in total. The number of thioether (sulfide) groups is 1. The van der Waals surface area contributed by atoms with Crippen molar-refractivity contribution in [1.29, 1.82) is 0 Å². The maximum Gasteiger partial charge on any atom is 0.341 e. The molecule has 0 radical (unpaired) electrons. The van der Waals surface area contributed by atoms with Crippen LogP contribution in [0.1, 0.15) is 34.2 Å². The number of hydrogen-bond acceptors (Lipinski definition) is 8. The molecule has 2 aromatic heterocycles. The number of esters is 1. The van der Waals surface area contributed by atoms with Gasteiger partial charge in [0.2, 0.25) is 5.91 Å². The van der Waals surface area contributed by atoms with E-state index in [2.05, 4.69) is 22.4 Å². The Morgan fingerprint density at radius 1 is 1.08 bits per heavy atom. The van der Waals surface area contributed by atoms with E-state index in [-0.39, 0.29) is 18.3 Å². The zero-order valence-electron chi connectivity index (χ0n) is 21.1. The van der Waals surface area contributed by atoms with Crippen molar-refractivity contribution in [2.75, 3.05) is 18.2 Å². The maximum atomic E-state index is 12.8. The summed E-state index contributed by atoms with van der Waals surface area (Å²) in [6, 6.07) is 15.5. The van der Waals surface area contributed by atoms with E-state index in [1.165, 1.54) is 35.8 Å². The van der Waals surface area contributed by atoms with Crippen molar-refractivity contribution in [2.45, 2.75) is 39.1 Å². The molecule has 4 rings (SSSR count). The number of aryl methyl sites for hydroxylation is 2. The van der Waals surface area contributed by atoms with E-state index >= 15 is 0 Å². The molecule has 2 heterocycles. The Kier molecular flexibility index (Phi) is 8.62. The molecule has 0 atom stereocenters. The summed E-state index contributed by atoms with van der Waals surface area (Å²) in [4.78, 5) is 25.3. The number of nitrogens with one attached hydrogen (secondary N) is 1. The van der Waals surface area contributed by atoms with Crippen LogP contribution in [0.4, 0.5) is 5.00 Å². The lowest BCUT2D eigenvalue weighted by atomic mass is 10.0. The van der Waals surface area contributed by atoms with E-state index < -0.39 is 5.97 Å². The van der Waals surface area contributed by atoms with E-state index in [0.717, 1.165) is 22.4 Å². The number of amides is 1. The molecular formula is C27H28N4O4S2. The van der Waals surface area contributed by atoms with Gasteiger partial charge in [-0.1, -0.05) is 48.2 Å². The van der Waals surface area contributed by atoms with Crippen LogP contribution in [0.25, 0.3) is 11.1 Å². The minimum atomic E-state index is -0.498. The zero-order chi connectivity index (χ0) is 26.4. The number of benzene rings is 2. The highest BCUT2D eigenvalue weighted by Gasteiger charge is 2.23. The number of carbonyl (C=O) groups excluding carboxylic acids is 2. The van der Waals surface area contributed by atoms with Gasteiger partial charge in [0.1, 0.15) is 22.9 Å². The van der Waals surface area contributed by atoms with Crippen LogP contribution in [-0.4, -0.2) is 39.5 Å². The van der Waals surface area contributed by atoms with Gasteiger partial charge < -0.3 is 19.4 Å². The van der Waals surface area contributed by atoms with Crippen LogP contribution in [0.2, 0.25) is 0 Å². The second-order valence-corrected chi connectivity index (χ2v) is 10.0. The fourth-order valence-corrected chi connectivity index (χ4v) is 5.47. The molecule has 8 nitrogen and oxygen atoms in total. The third-order valence-corrected chi connectivity index (χ3v) is 7.67. The molecule has 1 amide bonds. The van der Waals surface area contributed by atoms with Crippen LogP contribution >= 0.6 is 23.1 Å². The molecule has 192 valence electrons. The fraction of sp³-hybridized carbons (Fsp3) is 0.259. The van der Waals surface area contributed by atoms with Crippen molar-refractivity contribution in [3.63, 3.8) is 0 Å². The molecule has 0 spiro atoms. The molecule has 0 aliphatic carbocycles. The van der Waals surface area contributed by atoms with Crippen molar-refractivity contribution in [1.82, 2.24) is 14.8 Å². The van der Waals surface area contributed by atoms with Gasteiger partial charge in [0.25, 0.3) is 0 Å². The molecule has 0 aliphatic rings. The molecule has 0 unspecified atom stereocenters. The number of methoxy groups -OCH3 is 1. The third kappa shape index (κ3) is 6.20. The van der Waals surface area contributed by atoms with Crippen LogP contribution in [0.15, 0.2) is 59.1 Å². The predicted molar refractivity (Wildman–Crippen MR) is 146 cm³/mol. The molecule has 0 aliphatic heterocycles. The molecule has 10 heteroatoms. The standard InChI is InChI=1S/C27H28N4O4S2/c1-5-31-22(14-35-20-12-11-17(2)18(3)13-20)29-30-27(31)37-16-23(32)28-25-24(26(33)34-4)21(15-36-25)19-9-7-6-8-10-19/h6-13,15H,5,14,16H2,1-4H3,(H,28,32). The molecule has 0 saturated heterocycles. The Hall–Kier alpha value is -3.63. The fourth-order valence-electron chi connectivity index (χ4n) is 3.68.